The van der Waals surface area contributed by atoms with Crippen LogP contribution in [0.5, 0.6) is 0 Å². The topological polar surface area (TPSA) is 49.3 Å². The highest BCUT2D eigenvalue weighted by atomic mass is 35.5. The van der Waals surface area contributed by atoms with Crippen LogP contribution in [-0.4, -0.2) is 23.7 Å². The van der Waals surface area contributed by atoms with E-state index in [0.717, 1.165) is 13.0 Å². The van der Waals surface area contributed by atoms with Crippen molar-refractivity contribution in [2.24, 2.45) is 5.92 Å². The van der Waals surface area contributed by atoms with Gasteiger partial charge in [-0.2, -0.15) is 0 Å². The summed E-state index contributed by atoms with van der Waals surface area (Å²) >= 11 is 0. The van der Waals surface area contributed by atoms with Crippen LogP contribution < -0.4 is 5.32 Å². The third-order valence-electron chi connectivity index (χ3n) is 1.65. The lowest BCUT2D eigenvalue weighted by atomic mass is 10.1. The first-order valence-corrected chi connectivity index (χ1v) is 3.16. The van der Waals surface area contributed by atoms with Gasteiger partial charge in [0.2, 0.25) is 0 Å². The molecule has 2 N–H and O–H groups in total. The predicted octanol–water partition coefficient (Wildman–Crippen LogP) is 0.491. The third-order valence-corrected chi connectivity index (χ3v) is 1.65. The van der Waals surface area contributed by atoms with Crippen molar-refractivity contribution in [1.29, 1.82) is 0 Å². The standard InChI is InChI=1S/C6H11NO2.ClH/c1-4-2-5(6(8)9)7-3-4;/h4-5,7H,2-3H2,1H3,(H,8,9);1H. The molecule has 1 aliphatic rings. The van der Waals surface area contributed by atoms with E-state index >= 15 is 0 Å². The van der Waals surface area contributed by atoms with E-state index in [1.807, 2.05) is 0 Å². The van der Waals surface area contributed by atoms with Gasteiger partial charge in [-0.1, -0.05) is 6.92 Å². The molecule has 0 saturated carbocycles. The van der Waals surface area contributed by atoms with Crippen LogP contribution in [0.25, 0.3) is 0 Å². The molecule has 0 aromatic heterocycles. The zero-order chi connectivity index (χ0) is 6.85. The maximum atomic E-state index is 10.3. The number of hydrogen-bond acceptors (Lipinski definition) is 2. The molecule has 0 radical (unpaired) electrons. The van der Waals surface area contributed by atoms with Gasteiger partial charge in [0.1, 0.15) is 6.04 Å². The van der Waals surface area contributed by atoms with Crippen LogP contribution in [-0.2, 0) is 4.79 Å². The van der Waals surface area contributed by atoms with Crippen molar-refractivity contribution in [3.05, 3.63) is 0 Å². The van der Waals surface area contributed by atoms with Crippen molar-refractivity contribution < 1.29 is 9.90 Å². The van der Waals surface area contributed by atoms with E-state index in [1.54, 1.807) is 0 Å². The third kappa shape index (κ3) is 2.15. The monoisotopic (exact) mass is 165 g/mol. The molecular weight excluding hydrogens is 154 g/mol. The molecule has 1 heterocycles. The number of hydrogen-bond donors (Lipinski definition) is 2. The predicted molar refractivity (Wildman–Crippen MR) is 40.5 cm³/mol. The van der Waals surface area contributed by atoms with Crippen LogP contribution in [0.3, 0.4) is 0 Å². The summed E-state index contributed by atoms with van der Waals surface area (Å²) in [7, 11) is 0. The number of halogens is 1. The molecule has 1 fully saturated rings. The molecule has 0 aromatic rings. The molecule has 2 unspecified atom stereocenters. The van der Waals surface area contributed by atoms with Gasteiger partial charge in [0.05, 0.1) is 0 Å². The maximum Gasteiger partial charge on any atom is 0.320 e. The summed E-state index contributed by atoms with van der Waals surface area (Å²) in [5.74, 6) is -0.203. The highest BCUT2D eigenvalue weighted by Crippen LogP contribution is 2.11. The minimum atomic E-state index is -0.723. The molecule has 2 atom stereocenters. The van der Waals surface area contributed by atoms with Crippen LogP contribution in [0.2, 0.25) is 0 Å². The fourth-order valence-electron chi connectivity index (χ4n) is 1.10. The molecule has 10 heavy (non-hydrogen) atoms. The Morgan fingerprint density at radius 1 is 1.70 bits per heavy atom. The minimum Gasteiger partial charge on any atom is -0.480 e. The van der Waals surface area contributed by atoms with Gasteiger partial charge in [-0.3, -0.25) is 4.79 Å². The molecule has 0 aromatic carbocycles. The van der Waals surface area contributed by atoms with E-state index < -0.39 is 5.97 Å². The number of carboxylic acid groups (broad SMARTS) is 1. The van der Waals surface area contributed by atoms with E-state index in [4.69, 9.17) is 5.11 Å². The number of rotatable bonds is 1. The summed E-state index contributed by atoms with van der Waals surface area (Å²) in [5.41, 5.74) is 0. The molecule has 0 aliphatic carbocycles. The SMILES string of the molecule is CC1CNC(C(=O)O)C1.Cl. The van der Waals surface area contributed by atoms with Gasteiger partial charge in [-0.25, -0.2) is 0 Å². The first kappa shape index (κ1) is 9.72. The van der Waals surface area contributed by atoms with Crippen LogP contribution in [0.15, 0.2) is 0 Å². The summed E-state index contributed by atoms with van der Waals surface area (Å²) in [6.07, 6.45) is 0.773. The van der Waals surface area contributed by atoms with Crippen molar-refractivity contribution in [2.45, 2.75) is 19.4 Å². The number of nitrogens with one attached hydrogen (secondary N) is 1. The summed E-state index contributed by atoms with van der Waals surface area (Å²) < 4.78 is 0. The Hall–Kier alpha value is -0.280. The second-order valence-electron chi connectivity index (χ2n) is 2.64. The average Bonchev–Trinajstić information content (AvgIpc) is 2.14. The zero-order valence-corrected chi connectivity index (χ0v) is 6.65. The molecule has 1 rings (SSSR count). The van der Waals surface area contributed by atoms with E-state index in [-0.39, 0.29) is 18.4 Å². The van der Waals surface area contributed by atoms with Crippen molar-refractivity contribution in [3.8, 4) is 0 Å². The van der Waals surface area contributed by atoms with Crippen molar-refractivity contribution in [2.75, 3.05) is 6.54 Å². The molecule has 1 aliphatic heterocycles. The Morgan fingerprint density at radius 3 is 2.50 bits per heavy atom. The van der Waals surface area contributed by atoms with Gasteiger partial charge in [0, 0.05) is 0 Å². The first-order chi connectivity index (χ1) is 4.20. The van der Waals surface area contributed by atoms with Crippen LogP contribution >= 0.6 is 12.4 Å². The Morgan fingerprint density at radius 2 is 2.30 bits per heavy atom. The van der Waals surface area contributed by atoms with Gasteiger partial charge in [-0.05, 0) is 18.9 Å². The van der Waals surface area contributed by atoms with Crippen LogP contribution in [0.1, 0.15) is 13.3 Å². The number of carboxylic acids is 1. The highest BCUT2D eigenvalue weighted by Gasteiger charge is 2.25. The second-order valence-corrected chi connectivity index (χ2v) is 2.64. The van der Waals surface area contributed by atoms with Gasteiger partial charge < -0.3 is 10.4 Å². The molecule has 60 valence electrons. The molecule has 3 nitrogen and oxygen atoms in total. The average molecular weight is 166 g/mol. The Kier molecular flexibility index (Phi) is 3.68. The molecule has 0 amide bonds. The largest absolute Gasteiger partial charge is 0.480 e. The molecule has 1 saturated heterocycles. The summed E-state index contributed by atoms with van der Waals surface area (Å²) in [6.45, 7) is 2.90. The number of carbonyl (C=O) groups is 1. The van der Waals surface area contributed by atoms with Crippen molar-refractivity contribution >= 4 is 18.4 Å². The Balaban J connectivity index is 0.000000810. The van der Waals surface area contributed by atoms with Crippen molar-refractivity contribution in [1.82, 2.24) is 5.32 Å². The minimum absolute atomic E-state index is 0. The lowest BCUT2D eigenvalue weighted by Gasteiger charge is -2.00. The molecule has 0 spiro atoms. The molecule has 4 heteroatoms. The number of aliphatic carboxylic acids is 1. The fraction of sp³-hybridized carbons (Fsp3) is 0.833. The fourth-order valence-corrected chi connectivity index (χ4v) is 1.10. The van der Waals surface area contributed by atoms with Crippen LogP contribution in [0.4, 0.5) is 0 Å². The Labute approximate surface area is 66.2 Å². The van der Waals surface area contributed by atoms with E-state index in [1.165, 1.54) is 0 Å². The van der Waals surface area contributed by atoms with E-state index in [2.05, 4.69) is 12.2 Å². The lowest BCUT2D eigenvalue weighted by molar-refractivity contribution is -0.139. The summed E-state index contributed by atoms with van der Waals surface area (Å²) in [6, 6.07) is -0.292. The zero-order valence-electron chi connectivity index (χ0n) is 5.83. The van der Waals surface area contributed by atoms with Gasteiger partial charge >= 0.3 is 5.97 Å². The normalized spacial score (nSPS) is 31.3. The second kappa shape index (κ2) is 3.78. The smallest absolute Gasteiger partial charge is 0.320 e. The summed E-state index contributed by atoms with van der Waals surface area (Å²) in [4.78, 5) is 10.3. The highest BCUT2D eigenvalue weighted by molar-refractivity contribution is 5.85. The maximum absolute atomic E-state index is 10.3. The molecular formula is C6H12ClNO2. The van der Waals surface area contributed by atoms with E-state index in [9.17, 15) is 4.79 Å². The van der Waals surface area contributed by atoms with Crippen LogP contribution in [0, 0.1) is 5.92 Å². The van der Waals surface area contributed by atoms with E-state index in [0.29, 0.717) is 5.92 Å². The Bertz CT molecular complexity index is 129. The quantitative estimate of drug-likeness (QED) is 0.595. The lowest BCUT2D eigenvalue weighted by Crippen LogP contribution is -2.29. The van der Waals surface area contributed by atoms with Gasteiger partial charge in [-0.15, -0.1) is 12.4 Å². The summed E-state index contributed by atoms with van der Waals surface area (Å²) in [5, 5.41) is 11.4. The first-order valence-electron chi connectivity index (χ1n) is 3.16. The molecule has 0 bridgehead atoms. The van der Waals surface area contributed by atoms with Gasteiger partial charge in [0.25, 0.3) is 0 Å². The van der Waals surface area contributed by atoms with Crippen molar-refractivity contribution in [3.63, 3.8) is 0 Å². The van der Waals surface area contributed by atoms with Gasteiger partial charge in [0.15, 0.2) is 0 Å².